The zero-order valence-electron chi connectivity index (χ0n) is 31.5. The summed E-state index contributed by atoms with van der Waals surface area (Å²) in [6, 6.07) is 20.3. The van der Waals surface area contributed by atoms with Crippen molar-refractivity contribution in [2.45, 2.75) is 91.9 Å². The number of nitrogens with one attached hydrogen (secondary N) is 3. The maximum Gasteiger partial charge on any atom is 0.408 e. The van der Waals surface area contributed by atoms with E-state index < -0.39 is 64.5 Å². The Bertz CT molecular complexity index is 1820. The Labute approximate surface area is 305 Å². The first-order valence-electron chi connectivity index (χ1n) is 17.3. The summed E-state index contributed by atoms with van der Waals surface area (Å²) in [7, 11) is 0. The fourth-order valence-electron chi connectivity index (χ4n) is 6.32. The lowest BCUT2D eigenvalue weighted by Crippen LogP contribution is -2.67. The first-order chi connectivity index (χ1) is 24.1. The molecule has 0 bridgehead atoms. The number of amides is 5. The molecule has 0 radical (unpaired) electrons. The average molecular weight is 714 g/mol. The van der Waals surface area contributed by atoms with Gasteiger partial charge >= 0.3 is 18.1 Å². The summed E-state index contributed by atoms with van der Waals surface area (Å²) < 4.78 is 11.0. The molecule has 1 aliphatic rings. The number of urea groups is 1. The van der Waals surface area contributed by atoms with E-state index in [4.69, 9.17) is 15.2 Å². The van der Waals surface area contributed by atoms with Crippen LogP contribution in [0.2, 0.25) is 0 Å². The molecule has 2 atom stereocenters. The third-order valence-electron chi connectivity index (χ3n) is 9.15. The maximum absolute atomic E-state index is 15.4. The molecule has 5 amide bonds. The molecule has 0 fully saturated rings. The number of nitrogens with two attached hydrogens (primary N) is 1. The lowest BCUT2D eigenvalue weighted by atomic mass is 9.61. The van der Waals surface area contributed by atoms with Crippen LogP contribution >= 0.6 is 0 Å². The minimum Gasteiger partial charge on any atom is -0.459 e. The lowest BCUT2D eigenvalue weighted by molar-refractivity contribution is -0.153. The molecular formula is C40H51N5O7. The molecule has 52 heavy (non-hydrogen) atoms. The number of hydrogen-bond acceptors (Lipinski definition) is 8. The van der Waals surface area contributed by atoms with Crippen molar-refractivity contribution in [2.75, 3.05) is 22.5 Å². The van der Waals surface area contributed by atoms with Crippen molar-refractivity contribution in [3.05, 3.63) is 78.4 Å². The largest absolute Gasteiger partial charge is 0.459 e. The Morgan fingerprint density at radius 2 is 1.42 bits per heavy atom. The minimum absolute atomic E-state index is 0.154. The molecule has 5 N–H and O–H groups in total. The molecule has 1 heterocycles. The molecule has 3 aromatic carbocycles. The molecule has 3 aromatic rings. The summed E-state index contributed by atoms with van der Waals surface area (Å²) in [4.78, 5) is 70.7. The van der Waals surface area contributed by atoms with E-state index in [-0.39, 0.29) is 12.1 Å². The van der Waals surface area contributed by atoms with Crippen LogP contribution in [0.1, 0.15) is 74.3 Å². The molecule has 12 nitrogen and oxygen atoms in total. The minimum atomic E-state index is -1.79. The van der Waals surface area contributed by atoms with Crippen molar-refractivity contribution >= 4 is 47.0 Å². The lowest BCUT2D eigenvalue weighted by Gasteiger charge is -2.48. The summed E-state index contributed by atoms with van der Waals surface area (Å²) in [6.07, 6.45) is -0.160. The molecule has 0 saturated carbocycles. The number of benzene rings is 3. The average Bonchev–Trinajstić information content (AvgIpc) is 3.20. The van der Waals surface area contributed by atoms with Crippen molar-refractivity contribution < 1.29 is 33.4 Å². The Morgan fingerprint density at radius 1 is 0.827 bits per heavy atom. The van der Waals surface area contributed by atoms with Gasteiger partial charge in [-0.15, -0.1) is 0 Å². The van der Waals surface area contributed by atoms with Crippen LogP contribution < -0.4 is 26.6 Å². The van der Waals surface area contributed by atoms with E-state index >= 15 is 4.79 Å². The zero-order chi connectivity index (χ0) is 38.6. The number of alkyl carbamates (subject to hydrolysis) is 1. The van der Waals surface area contributed by atoms with Crippen molar-refractivity contribution in [3.63, 3.8) is 0 Å². The Morgan fingerprint density at radius 3 is 2.04 bits per heavy atom. The van der Waals surface area contributed by atoms with Crippen LogP contribution in [0.15, 0.2) is 72.8 Å². The van der Waals surface area contributed by atoms with Gasteiger partial charge in [-0.25, -0.2) is 14.5 Å². The summed E-state index contributed by atoms with van der Waals surface area (Å²) in [5, 5.41) is 8.35. The van der Waals surface area contributed by atoms with E-state index in [0.717, 1.165) is 21.6 Å². The third-order valence-corrected chi connectivity index (χ3v) is 9.15. The number of carbonyl (C=O) groups is 5. The number of anilines is 3. The highest BCUT2D eigenvalue weighted by Gasteiger charge is 2.58. The van der Waals surface area contributed by atoms with Gasteiger partial charge in [0.25, 0.3) is 0 Å². The number of imide groups is 1. The third kappa shape index (κ3) is 9.09. The van der Waals surface area contributed by atoms with Crippen LogP contribution in [0, 0.1) is 11.3 Å². The van der Waals surface area contributed by atoms with Crippen LogP contribution in [0.25, 0.3) is 11.1 Å². The quantitative estimate of drug-likeness (QED) is 0.145. The molecule has 0 saturated heterocycles. The van der Waals surface area contributed by atoms with Crippen molar-refractivity contribution in [1.29, 1.82) is 0 Å². The van der Waals surface area contributed by atoms with Gasteiger partial charge in [-0.05, 0) is 111 Å². The van der Waals surface area contributed by atoms with E-state index in [9.17, 15) is 19.2 Å². The van der Waals surface area contributed by atoms with Crippen LogP contribution in [-0.4, -0.2) is 53.2 Å². The van der Waals surface area contributed by atoms with E-state index in [0.29, 0.717) is 17.8 Å². The number of aryl methyl sites for hydroxylation is 1. The van der Waals surface area contributed by atoms with E-state index in [1.54, 1.807) is 105 Å². The molecule has 1 aliphatic heterocycles. The molecule has 4 rings (SSSR count). The predicted molar refractivity (Wildman–Crippen MR) is 201 cm³/mol. The normalized spacial score (nSPS) is 15.9. The van der Waals surface area contributed by atoms with Crippen molar-refractivity contribution in [1.82, 2.24) is 10.6 Å². The van der Waals surface area contributed by atoms with Crippen LogP contribution in [0.4, 0.5) is 26.7 Å². The Kier molecular flexibility index (Phi) is 11.4. The number of para-hydroxylation sites is 2. The second-order valence-corrected chi connectivity index (χ2v) is 15.7. The molecule has 278 valence electrons. The Balaban J connectivity index is 1.84. The summed E-state index contributed by atoms with van der Waals surface area (Å²) in [5.41, 5.74) is 4.95. The number of ether oxygens (including phenoxy) is 2. The molecule has 12 heteroatoms. The van der Waals surface area contributed by atoms with Crippen LogP contribution in [-0.2, 0) is 30.3 Å². The number of esters is 1. The summed E-state index contributed by atoms with van der Waals surface area (Å²) >= 11 is 0. The van der Waals surface area contributed by atoms with Gasteiger partial charge in [0.1, 0.15) is 17.7 Å². The van der Waals surface area contributed by atoms with E-state index in [1.807, 2.05) is 30.3 Å². The van der Waals surface area contributed by atoms with Crippen molar-refractivity contribution in [2.24, 2.45) is 11.3 Å². The number of nitrogens with zero attached hydrogens (tertiary/aromatic N) is 1. The second kappa shape index (κ2) is 15.1. The highest BCUT2D eigenvalue weighted by molar-refractivity contribution is 6.18. The fourth-order valence-corrected chi connectivity index (χ4v) is 6.32. The van der Waals surface area contributed by atoms with Gasteiger partial charge in [0.15, 0.2) is 0 Å². The van der Waals surface area contributed by atoms with Crippen LogP contribution in [0.5, 0.6) is 0 Å². The van der Waals surface area contributed by atoms with Gasteiger partial charge in [0.2, 0.25) is 11.8 Å². The van der Waals surface area contributed by atoms with Gasteiger partial charge in [-0.1, -0.05) is 48.5 Å². The van der Waals surface area contributed by atoms with Gasteiger partial charge in [0.05, 0.1) is 22.6 Å². The number of rotatable bonds is 8. The predicted octanol–water partition coefficient (Wildman–Crippen LogP) is 6.83. The Hall–Kier alpha value is -5.39. The van der Waals surface area contributed by atoms with Crippen molar-refractivity contribution in [3.8, 4) is 11.1 Å². The first kappa shape index (κ1) is 39.4. The van der Waals surface area contributed by atoms with E-state index in [2.05, 4.69) is 16.0 Å². The summed E-state index contributed by atoms with van der Waals surface area (Å²) in [6.45, 7) is 14.5. The molecule has 0 aliphatic carbocycles. The van der Waals surface area contributed by atoms with E-state index in [1.165, 1.54) is 0 Å². The molecular weight excluding hydrogens is 662 g/mol. The number of nitrogen functional groups attached to an aromatic ring is 1. The number of fused-ring (bicyclic) bond motifs is 1. The fraction of sp³-hybridized carbons (Fsp3) is 0.425. The highest BCUT2D eigenvalue weighted by atomic mass is 16.6. The SMILES string of the molecule is CC(C)(C)OC(=O)CNC(=O)N(C(=O)C(C)([C@H]1CCc2ccccc2NC1=O)C(C)(C)NC(=O)OC(C)(C)C)c1ccc(-c2ccccc2N)cc1. The molecule has 0 spiro atoms. The van der Waals surface area contributed by atoms with Gasteiger partial charge in [0, 0.05) is 16.9 Å². The zero-order valence-corrected chi connectivity index (χ0v) is 31.5. The van der Waals surface area contributed by atoms with Gasteiger partial charge in [-0.3, -0.25) is 14.4 Å². The maximum atomic E-state index is 15.4. The smallest absolute Gasteiger partial charge is 0.408 e. The molecule has 0 aromatic heterocycles. The monoisotopic (exact) mass is 713 g/mol. The number of carbonyl (C=O) groups excluding carboxylic acids is 5. The standard InChI is InChI=1S/C40H51N5O7/c1-37(2,3)51-32(46)24-42-35(49)45(27-21-18-25(19-22-27)28-15-11-12-16-30(28)41)34(48)40(9,39(7,8)44-36(50)52-38(4,5)6)29-23-20-26-14-10-13-17-31(26)43-33(29)47/h10-19,21-22,29H,20,23-24,41H2,1-9H3,(H,42,49)(H,43,47)(H,44,50)/t29-,40?/m0/s1. The van der Waals surface area contributed by atoms with Crippen LogP contribution in [0.3, 0.4) is 0 Å². The first-order valence-corrected chi connectivity index (χ1v) is 17.3. The highest BCUT2D eigenvalue weighted by Crippen LogP contribution is 2.46. The number of hydrogen-bond donors (Lipinski definition) is 4. The topological polar surface area (TPSA) is 169 Å². The van der Waals surface area contributed by atoms with Gasteiger partial charge in [-0.2, -0.15) is 0 Å². The molecule has 1 unspecified atom stereocenters. The summed E-state index contributed by atoms with van der Waals surface area (Å²) in [5.74, 6) is -3.02. The van der Waals surface area contributed by atoms with Gasteiger partial charge < -0.3 is 31.2 Å². The second-order valence-electron chi connectivity index (χ2n) is 15.7.